The van der Waals surface area contributed by atoms with Crippen LogP contribution in [0.25, 0.3) is 10.8 Å². The molecule has 0 aliphatic heterocycles. The van der Waals surface area contributed by atoms with E-state index in [2.05, 4.69) is 35.6 Å². The Balaban J connectivity index is 1.66. The Bertz CT molecular complexity index is 810. The maximum Gasteiger partial charge on any atom is 0.126 e. The maximum absolute atomic E-state index is 13.8. The van der Waals surface area contributed by atoms with Crippen LogP contribution in [0.2, 0.25) is 0 Å². The van der Waals surface area contributed by atoms with Gasteiger partial charge in [0.15, 0.2) is 0 Å². The lowest BCUT2D eigenvalue weighted by atomic mass is 10.1. The minimum Gasteiger partial charge on any atom is -0.378 e. The molecule has 2 heteroatoms. The van der Waals surface area contributed by atoms with Crippen LogP contribution in [0.15, 0.2) is 60.7 Å². The van der Waals surface area contributed by atoms with Crippen LogP contribution in [-0.2, 0) is 6.42 Å². The van der Waals surface area contributed by atoms with Gasteiger partial charge >= 0.3 is 0 Å². The second-order valence-electron chi connectivity index (χ2n) is 5.61. The summed E-state index contributed by atoms with van der Waals surface area (Å²) in [6, 6.07) is 20.3. The molecule has 4 rings (SSSR count). The van der Waals surface area contributed by atoms with Gasteiger partial charge in [0.2, 0.25) is 0 Å². The zero-order chi connectivity index (χ0) is 14.2. The highest BCUT2D eigenvalue weighted by molar-refractivity contribution is 5.85. The van der Waals surface area contributed by atoms with E-state index in [0.717, 1.165) is 29.7 Å². The molecule has 1 atom stereocenters. The molecule has 104 valence electrons. The van der Waals surface area contributed by atoms with Gasteiger partial charge in [-0.05, 0) is 52.9 Å². The Morgan fingerprint density at radius 2 is 1.76 bits per heavy atom. The van der Waals surface area contributed by atoms with Gasteiger partial charge in [0.25, 0.3) is 0 Å². The summed E-state index contributed by atoms with van der Waals surface area (Å²) in [4.78, 5) is 0. The van der Waals surface area contributed by atoms with E-state index in [1.54, 1.807) is 12.1 Å². The van der Waals surface area contributed by atoms with E-state index in [4.69, 9.17) is 0 Å². The summed E-state index contributed by atoms with van der Waals surface area (Å²) in [5.41, 5.74) is 3.06. The van der Waals surface area contributed by atoms with E-state index in [1.807, 2.05) is 18.2 Å². The fourth-order valence-electron chi connectivity index (χ4n) is 3.24. The highest BCUT2D eigenvalue weighted by Gasteiger charge is 2.24. The number of halogens is 1. The van der Waals surface area contributed by atoms with Crippen molar-refractivity contribution in [2.45, 2.75) is 18.9 Å². The predicted octanol–water partition coefficient (Wildman–Crippen LogP) is 5.08. The van der Waals surface area contributed by atoms with E-state index < -0.39 is 0 Å². The third kappa shape index (κ3) is 2.17. The lowest BCUT2D eigenvalue weighted by Crippen LogP contribution is -2.07. The topological polar surface area (TPSA) is 12.0 Å². The fraction of sp³-hybridized carbons (Fsp3) is 0.158. The van der Waals surface area contributed by atoms with Gasteiger partial charge in [0.1, 0.15) is 5.82 Å². The van der Waals surface area contributed by atoms with Crippen molar-refractivity contribution in [3.8, 4) is 0 Å². The number of nitrogens with one attached hydrogen (secondary N) is 1. The van der Waals surface area contributed by atoms with Crippen LogP contribution in [0.3, 0.4) is 0 Å². The van der Waals surface area contributed by atoms with Crippen LogP contribution in [0, 0.1) is 5.82 Å². The third-order valence-electron chi connectivity index (χ3n) is 4.30. The van der Waals surface area contributed by atoms with Crippen molar-refractivity contribution in [3.63, 3.8) is 0 Å². The Labute approximate surface area is 123 Å². The molecular formula is C19H16FN. The van der Waals surface area contributed by atoms with Crippen molar-refractivity contribution < 1.29 is 4.39 Å². The van der Waals surface area contributed by atoms with Gasteiger partial charge in [-0.2, -0.15) is 0 Å². The second-order valence-corrected chi connectivity index (χ2v) is 5.61. The van der Waals surface area contributed by atoms with Gasteiger partial charge in [-0.1, -0.05) is 42.5 Å². The molecule has 1 nitrogen and oxygen atoms in total. The molecule has 0 heterocycles. The van der Waals surface area contributed by atoms with E-state index in [-0.39, 0.29) is 11.9 Å². The summed E-state index contributed by atoms with van der Waals surface area (Å²) in [6.07, 6.45) is 1.76. The molecule has 0 saturated carbocycles. The number of benzene rings is 3. The molecule has 1 aliphatic rings. The molecule has 0 saturated heterocycles. The van der Waals surface area contributed by atoms with E-state index in [9.17, 15) is 4.39 Å². The molecule has 1 unspecified atom stereocenters. The zero-order valence-corrected chi connectivity index (χ0v) is 11.6. The van der Waals surface area contributed by atoms with Gasteiger partial charge in [-0.3, -0.25) is 0 Å². The summed E-state index contributed by atoms with van der Waals surface area (Å²) in [5, 5.41) is 6.01. The van der Waals surface area contributed by atoms with Crippen LogP contribution in [0.4, 0.5) is 10.1 Å². The molecule has 0 amide bonds. The van der Waals surface area contributed by atoms with Crippen LogP contribution in [0.1, 0.15) is 23.6 Å². The SMILES string of the molecule is Fc1cccc2c1CCC2Nc1ccc2ccccc2c1. The minimum atomic E-state index is -0.0738. The van der Waals surface area contributed by atoms with Crippen molar-refractivity contribution in [3.05, 3.63) is 77.6 Å². The number of hydrogen-bond acceptors (Lipinski definition) is 1. The van der Waals surface area contributed by atoms with Gasteiger partial charge < -0.3 is 5.32 Å². The molecular weight excluding hydrogens is 261 g/mol. The molecule has 3 aromatic carbocycles. The molecule has 0 bridgehead atoms. The smallest absolute Gasteiger partial charge is 0.126 e. The first kappa shape index (κ1) is 12.4. The number of rotatable bonds is 2. The zero-order valence-electron chi connectivity index (χ0n) is 11.6. The standard InChI is InChI=1S/C19H16FN/c20-18-7-3-6-17-16(18)10-11-19(17)21-15-9-8-13-4-1-2-5-14(13)12-15/h1-9,12,19,21H,10-11H2. The second kappa shape index (κ2) is 4.88. The summed E-state index contributed by atoms with van der Waals surface area (Å²) >= 11 is 0. The van der Waals surface area contributed by atoms with Crippen LogP contribution in [0.5, 0.6) is 0 Å². The molecule has 1 aliphatic carbocycles. The monoisotopic (exact) mass is 277 g/mol. The minimum absolute atomic E-state index is 0.0738. The van der Waals surface area contributed by atoms with Crippen LogP contribution < -0.4 is 5.32 Å². The Kier molecular flexibility index (Phi) is 2.88. The largest absolute Gasteiger partial charge is 0.378 e. The molecule has 0 aromatic heterocycles. The van der Waals surface area contributed by atoms with Gasteiger partial charge in [0, 0.05) is 5.69 Å². The van der Waals surface area contributed by atoms with Crippen LogP contribution >= 0.6 is 0 Å². The fourth-order valence-corrected chi connectivity index (χ4v) is 3.24. The van der Waals surface area contributed by atoms with Crippen LogP contribution in [-0.4, -0.2) is 0 Å². The van der Waals surface area contributed by atoms with Gasteiger partial charge in [-0.25, -0.2) is 4.39 Å². The summed E-state index contributed by atoms with van der Waals surface area (Å²) in [6.45, 7) is 0. The Morgan fingerprint density at radius 3 is 2.67 bits per heavy atom. The Hall–Kier alpha value is -2.35. The molecule has 3 aromatic rings. The normalized spacial score (nSPS) is 16.9. The molecule has 1 N–H and O–H groups in total. The quantitative estimate of drug-likeness (QED) is 0.689. The van der Waals surface area contributed by atoms with Crippen molar-refractivity contribution >= 4 is 16.5 Å². The van der Waals surface area contributed by atoms with Crippen molar-refractivity contribution in [2.24, 2.45) is 0 Å². The van der Waals surface area contributed by atoms with Gasteiger partial charge in [-0.15, -0.1) is 0 Å². The average molecular weight is 277 g/mol. The van der Waals surface area contributed by atoms with Gasteiger partial charge in [0.05, 0.1) is 6.04 Å². The van der Waals surface area contributed by atoms with Crippen molar-refractivity contribution in [1.29, 1.82) is 0 Å². The highest BCUT2D eigenvalue weighted by atomic mass is 19.1. The summed E-state index contributed by atoms with van der Waals surface area (Å²) in [7, 11) is 0. The first-order valence-corrected chi connectivity index (χ1v) is 7.34. The third-order valence-corrected chi connectivity index (χ3v) is 4.30. The summed E-state index contributed by atoms with van der Waals surface area (Å²) in [5.74, 6) is -0.0738. The highest BCUT2D eigenvalue weighted by Crippen LogP contribution is 2.35. The predicted molar refractivity (Wildman–Crippen MR) is 85.0 cm³/mol. The first-order valence-electron chi connectivity index (χ1n) is 7.34. The first-order chi connectivity index (χ1) is 10.3. The average Bonchev–Trinajstić information content (AvgIpc) is 2.92. The van der Waals surface area contributed by atoms with Crippen molar-refractivity contribution in [2.75, 3.05) is 5.32 Å². The number of hydrogen-bond donors (Lipinski definition) is 1. The number of fused-ring (bicyclic) bond motifs is 2. The molecule has 0 radical (unpaired) electrons. The molecule has 0 fully saturated rings. The van der Waals surface area contributed by atoms with Crippen molar-refractivity contribution in [1.82, 2.24) is 0 Å². The summed E-state index contributed by atoms with van der Waals surface area (Å²) < 4.78 is 13.8. The van der Waals surface area contributed by atoms with E-state index in [0.29, 0.717) is 0 Å². The molecule has 0 spiro atoms. The number of anilines is 1. The van der Waals surface area contributed by atoms with E-state index >= 15 is 0 Å². The lowest BCUT2D eigenvalue weighted by molar-refractivity contribution is 0.612. The maximum atomic E-state index is 13.8. The van der Waals surface area contributed by atoms with E-state index in [1.165, 1.54) is 10.8 Å². The Morgan fingerprint density at radius 1 is 0.905 bits per heavy atom. The lowest BCUT2D eigenvalue weighted by Gasteiger charge is -2.16. The molecule has 21 heavy (non-hydrogen) atoms.